The second kappa shape index (κ2) is 8.50. The number of benzene rings is 1. The predicted octanol–water partition coefficient (Wildman–Crippen LogP) is 2.10. The van der Waals surface area contributed by atoms with Gasteiger partial charge in [0.05, 0.1) is 29.7 Å². The highest BCUT2D eigenvalue weighted by Gasteiger charge is 2.37. The van der Waals surface area contributed by atoms with Gasteiger partial charge in [0, 0.05) is 19.3 Å². The maximum atomic E-state index is 13.5. The van der Waals surface area contributed by atoms with Crippen LogP contribution in [-0.2, 0) is 14.3 Å². The number of carbonyl (C=O) groups excluding carboxylic acids is 3. The van der Waals surface area contributed by atoms with E-state index in [1.807, 2.05) is 47.8 Å². The first-order chi connectivity index (χ1) is 14.6. The zero-order chi connectivity index (χ0) is 21.1. The van der Waals surface area contributed by atoms with E-state index in [4.69, 9.17) is 4.74 Å². The van der Waals surface area contributed by atoms with Crippen molar-refractivity contribution in [1.82, 2.24) is 20.0 Å². The van der Waals surface area contributed by atoms with Crippen molar-refractivity contribution in [3.05, 3.63) is 59.6 Å². The molecule has 0 unspecified atom stereocenters. The molecule has 3 heterocycles. The molecule has 4 rings (SSSR count). The number of esters is 1. The average molecular weight is 424 g/mol. The number of rotatable bonds is 5. The fourth-order valence-corrected chi connectivity index (χ4v) is 4.12. The lowest BCUT2D eigenvalue weighted by molar-refractivity contribution is -0.145. The molecule has 0 radical (unpaired) electrons. The van der Waals surface area contributed by atoms with Gasteiger partial charge in [0.2, 0.25) is 5.91 Å². The molecule has 1 fully saturated rings. The molecule has 0 spiro atoms. The van der Waals surface area contributed by atoms with Crippen molar-refractivity contribution in [3.8, 4) is 16.3 Å². The number of aromatic nitrogens is 2. The monoisotopic (exact) mass is 424 g/mol. The van der Waals surface area contributed by atoms with Crippen LogP contribution in [0.2, 0.25) is 0 Å². The van der Waals surface area contributed by atoms with Crippen LogP contribution in [0.25, 0.3) is 16.3 Å². The first-order valence-corrected chi connectivity index (χ1v) is 10.3. The van der Waals surface area contributed by atoms with Crippen LogP contribution in [-0.4, -0.2) is 58.7 Å². The largest absolute Gasteiger partial charge is 0.469 e. The van der Waals surface area contributed by atoms with Crippen molar-refractivity contribution in [3.63, 3.8) is 0 Å². The molecule has 2 amide bonds. The van der Waals surface area contributed by atoms with Gasteiger partial charge in [0.1, 0.15) is 11.7 Å². The summed E-state index contributed by atoms with van der Waals surface area (Å²) < 4.78 is 6.36. The molecule has 1 aliphatic rings. The minimum Gasteiger partial charge on any atom is -0.469 e. The lowest BCUT2D eigenvalue weighted by Gasteiger charge is -2.34. The number of hydrogen-bond acceptors (Lipinski definition) is 6. The summed E-state index contributed by atoms with van der Waals surface area (Å²) in [5, 5.41) is 9.28. The van der Waals surface area contributed by atoms with Gasteiger partial charge in [0.25, 0.3) is 5.91 Å². The summed E-state index contributed by atoms with van der Waals surface area (Å²) in [5.74, 6) is -1.26. The van der Waals surface area contributed by atoms with Crippen LogP contribution in [0.5, 0.6) is 0 Å². The standard InChI is InChI=1S/C21H20N4O4S/c1-29-18(26)12-16-20(27)22-9-10-24(16)21(28)15-13-25(14-6-3-2-4-7-14)23-19(15)17-8-5-11-30-17/h2-8,11,13,16H,9-10,12H2,1H3,(H,22,27)/t16-/m0/s1. The fraction of sp³-hybridized carbons (Fsp3) is 0.238. The van der Waals surface area contributed by atoms with Crippen LogP contribution < -0.4 is 5.32 Å². The molecule has 154 valence electrons. The first kappa shape index (κ1) is 19.8. The molecule has 1 saturated heterocycles. The first-order valence-electron chi connectivity index (χ1n) is 9.43. The Morgan fingerprint density at radius 2 is 2.03 bits per heavy atom. The van der Waals surface area contributed by atoms with Crippen molar-refractivity contribution >= 4 is 29.1 Å². The van der Waals surface area contributed by atoms with E-state index in [0.717, 1.165) is 10.6 Å². The Kier molecular flexibility index (Phi) is 5.62. The Morgan fingerprint density at radius 1 is 1.23 bits per heavy atom. The highest BCUT2D eigenvalue weighted by atomic mass is 32.1. The SMILES string of the molecule is COC(=O)C[C@H]1C(=O)NCCN1C(=O)c1cn(-c2ccccc2)nc1-c1cccs1. The summed E-state index contributed by atoms with van der Waals surface area (Å²) in [6.45, 7) is 0.621. The molecule has 30 heavy (non-hydrogen) atoms. The van der Waals surface area contributed by atoms with E-state index < -0.39 is 12.0 Å². The van der Waals surface area contributed by atoms with E-state index in [1.165, 1.54) is 23.3 Å². The molecule has 3 aromatic rings. The molecule has 0 aliphatic carbocycles. The number of ether oxygens (including phenoxy) is 1. The number of hydrogen-bond donors (Lipinski definition) is 1. The molecule has 2 aromatic heterocycles. The maximum absolute atomic E-state index is 13.5. The van der Waals surface area contributed by atoms with Crippen molar-refractivity contribution in [2.75, 3.05) is 20.2 Å². The van der Waals surface area contributed by atoms with Gasteiger partial charge in [-0.2, -0.15) is 5.10 Å². The number of nitrogens with one attached hydrogen (secondary N) is 1. The second-order valence-electron chi connectivity index (χ2n) is 6.73. The third-order valence-electron chi connectivity index (χ3n) is 4.90. The molecule has 1 atom stereocenters. The topological polar surface area (TPSA) is 93.5 Å². The van der Waals surface area contributed by atoms with E-state index in [1.54, 1.807) is 10.9 Å². The number of nitrogens with zero attached hydrogens (tertiary/aromatic N) is 3. The van der Waals surface area contributed by atoms with E-state index in [9.17, 15) is 14.4 Å². The lowest BCUT2D eigenvalue weighted by Crippen LogP contribution is -2.57. The summed E-state index contributed by atoms with van der Waals surface area (Å²) >= 11 is 1.48. The number of piperazine rings is 1. The van der Waals surface area contributed by atoms with Crippen molar-refractivity contribution in [1.29, 1.82) is 0 Å². The normalized spacial score (nSPS) is 16.2. The molecular formula is C21H20N4O4S. The van der Waals surface area contributed by atoms with E-state index in [0.29, 0.717) is 24.3 Å². The van der Waals surface area contributed by atoms with Crippen LogP contribution in [0, 0.1) is 0 Å². The van der Waals surface area contributed by atoms with Gasteiger partial charge in [-0.1, -0.05) is 24.3 Å². The molecule has 1 aliphatic heterocycles. The van der Waals surface area contributed by atoms with Crippen LogP contribution in [0.4, 0.5) is 0 Å². The van der Waals surface area contributed by atoms with Crippen LogP contribution in [0.15, 0.2) is 54.0 Å². The van der Waals surface area contributed by atoms with Crippen molar-refractivity contribution < 1.29 is 19.1 Å². The van der Waals surface area contributed by atoms with Gasteiger partial charge in [-0.05, 0) is 23.6 Å². The highest BCUT2D eigenvalue weighted by molar-refractivity contribution is 7.13. The molecule has 8 nitrogen and oxygen atoms in total. The van der Waals surface area contributed by atoms with Crippen molar-refractivity contribution in [2.45, 2.75) is 12.5 Å². The molecule has 0 bridgehead atoms. The number of para-hydroxylation sites is 1. The zero-order valence-corrected chi connectivity index (χ0v) is 17.1. The van der Waals surface area contributed by atoms with Gasteiger partial charge >= 0.3 is 5.97 Å². The summed E-state index contributed by atoms with van der Waals surface area (Å²) in [4.78, 5) is 40.0. The molecule has 9 heteroatoms. The van der Waals surface area contributed by atoms with Crippen molar-refractivity contribution in [2.24, 2.45) is 0 Å². The summed E-state index contributed by atoms with van der Waals surface area (Å²) in [7, 11) is 1.26. The minimum absolute atomic E-state index is 0.199. The summed E-state index contributed by atoms with van der Waals surface area (Å²) in [5.41, 5.74) is 1.74. The van der Waals surface area contributed by atoms with Gasteiger partial charge in [0.15, 0.2) is 0 Å². The van der Waals surface area contributed by atoms with E-state index >= 15 is 0 Å². The Labute approximate surface area is 177 Å². The van der Waals surface area contributed by atoms with Gasteiger partial charge in [-0.25, -0.2) is 4.68 Å². The third kappa shape index (κ3) is 3.84. The summed E-state index contributed by atoms with van der Waals surface area (Å²) in [6, 6.07) is 12.4. The Bertz CT molecular complexity index is 1060. The van der Waals surface area contributed by atoms with Gasteiger partial charge < -0.3 is 15.0 Å². The van der Waals surface area contributed by atoms with E-state index in [-0.39, 0.29) is 18.2 Å². The van der Waals surface area contributed by atoms with Crippen LogP contribution in [0.3, 0.4) is 0 Å². The van der Waals surface area contributed by atoms with Crippen LogP contribution >= 0.6 is 11.3 Å². The number of carbonyl (C=O) groups is 3. The lowest BCUT2D eigenvalue weighted by atomic mass is 10.1. The quantitative estimate of drug-likeness (QED) is 0.633. The molecular weight excluding hydrogens is 404 g/mol. The average Bonchev–Trinajstić information content (AvgIpc) is 3.45. The highest BCUT2D eigenvalue weighted by Crippen LogP contribution is 2.29. The second-order valence-corrected chi connectivity index (χ2v) is 7.68. The van der Waals surface area contributed by atoms with Crippen LogP contribution in [0.1, 0.15) is 16.8 Å². The molecule has 1 aromatic carbocycles. The van der Waals surface area contributed by atoms with E-state index in [2.05, 4.69) is 10.4 Å². The molecule has 0 saturated carbocycles. The smallest absolute Gasteiger partial charge is 0.308 e. The van der Waals surface area contributed by atoms with Gasteiger partial charge in [-0.15, -0.1) is 11.3 Å². The Hall–Kier alpha value is -3.46. The number of thiophene rings is 1. The fourth-order valence-electron chi connectivity index (χ4n) is 3.40. The predicted molar refractivity (Wildman–Crippen MR) is 111 cm³/mol. The van der Waals surface area contributed by atoms with Gasteiger partial charge in [-0.3, -0.25) is 14.4 Å². The zero-order valence-electron chi connectivity index (χ0n) is 16.3. The Morgan fingerprint density at radius 3 is 2.73 bits per heavy atom. The Balaban J connectivity index is 1.74. The third-order valence-corrected chi connectivity index (χ3v) is 5.78. The number of amides is 2. The summed E-state index contributed by atoms with van der Waals surface area (Å²) in [6.07, 6.45) is 1.48. The maximum Gasteiger partial charge on any atom is 0.308 e. The molecule has 1 N–H and O–H groups in total. The number of methoxy groups -OCH3 is 1. The minimum atomic E-state index is -0.921.